The molecule has 1 amide bonds. The number of carbonyl (C=O) groups is 1. The Bertz CT molecular complexity index is 985. The van der Waals surface area contributed by atoms with Crippen molar-refractivity contribution in [2.75, 3.05) is 13.1 Å². The minimum Gasteiger partial charge on any atom is -0.351 e. The van der Waals surface area contributed by atoms with Crippen molar-refractivity contribution in [1.29, 1.82) is 0 Å². The van der Waals surface area contributed by atoms with Crippen LogP contribution in [0.3, 0.4) is 0 Å². The fourth-order valence-electron chi connectivity index (χ4n) is 3.89. The van der Waals surface area contributed by atoms with E-state index in [1.54, 1.807) is 19.1 Å². The molecule has 0 spiro atoms. The van der Waals surface area contributed by atoms with Gasteiger partial charge in [-0.05, 0) is 48.7 Å². The molecular weight excluding hydrogens is 398 g/mol. The number of rotatable bonds is 7. The second-order valence-corrected chi connectivity index (χ2v) is 9.09. The largest absolute Gasteiger partial charge is 0.351 e. The molecule has 0 aromatic heterocycles. The van der Waals surface area contributed by atoms with E-state index in [-0.39, 0.29) is 34.8 Å². The molecule has 1 aliphatic carbocycles. The van der Waals surface area contributed by atoms with E-state index in [1.165, 1.54) is 12.1 Å². The second kappa shape index (κ2) is 8.59. The molecule has 0 radical (unpaired) electrons. The predicted molar refractivity (Wildman–Crippen MR) is 106 cm³/mol. The summed E-state index contributed by atoms with van der Waals surface area (Å²) in [6.07, 6.45) is 3.63. The third-order valence-electron chi connectivity index (χ3n) is 5.43. The van der Waals surface area contributed by atoms with Crippen LogP contribution in [0.2, 0.25) is 0 Å². The number of amides is 1. The highest BCUT2D eigenvalue weighted by Gasteiger charge is 2.36. The van der Waals surface area contributed by atoms with E-state index in [2.05, 4.69) is 10.0 Å². The van der Waals surface area contributed by atoms with Gasteiger partial charge in [-0.25, -0.2) is 21.9 Å². The Balaban J connectivity index is 1.82. The van der Waals surface area contributed by atoms with E-state index in [0.29, 0.717) is 0 Å². The molecule has 0 atom stereocenters. The zero-order valence-electron chi connectivity index (χ0n) is 16.2. The molecule has 0 unspecified atom stereocenters. The van der Waals surface area contributed by atoms with Gasteiger partial charge < -0.3 is 5.32 Å². The topological polar surface area (TPSA) is 75.3 Å². The highest BCUT2D eigenvalue weighted by atomic mass is 32.2. The van der Waals surface area contributed by atoms with Crippen LogP contribution in [0.25, 0.3) is 0 Å². The summed E-state index contributed by atoms with van der Waals surface area (Å²) in [6, 6.07) is 9.37. The van der Waals surface area contributed by atoms with Gasteiger partial charge in [-0.2, -0.15) is 0 Å². The van der Waals surface area contributed by atoms with Crippen molar-refractivity contribution in [2.24, 2.45) is 0 Å². The summed E-state index contributed by atoms with van der Waals surface area (Å²) >= 11 is 0. The SMILES string of the molecule is CCNS(=O)(=O)c1ccc(F)c(C(=O)NCC2(c3ccc(F)cc3)CCCC2)c1. The molecule has 5 nitrogen and oxygen atoms in total. The summed E-state index contributed by atoms with van der Waals surface area (Å²) in [5.74, 6) is -1.80. The van der Waals surface area contributed by atoms with Crippen LogP contribution < -0.4 is 10.0 Å². The summed E-state index contributed by atoms with van der Waals surface area (Å²) in [5.41, 5.74) is 0.268. The summed E-state index contributed by atoms with van der Waals surface area (Å²) in [7, 11) is -3.81. The Hall–Kier alpha value is -2.32. The number of hydrogen-bond acceptors (Lipinski definition) is 3. The third-order valence-corrected chi connectivity index (χ3v) is 6.97. The number of hydrogen-bond donors (Lipinski definition) is 2. The molecule has 0 heterocycles. The maximum atomic E-state index is 14.2. The standard InChI is InChI=1S/C21H24F2N2O3S/c1-2-25-29(27,28)17-9-10-19(23)18(13-17)20(26)24-14-21(11-3-4-12-21)15-5-7-16(22)8-6-15/h5-10,13,25H,2-4,11-12,14H2,1H3,(H,24,26). The van der Waals surface area contributed by atoms with E-state index in [0.717, 1.165) is 49.4 Å². The summed E-state index contributed by atoms with van der Waals surface area (Å²) < 4.78 is 54.2. The monoisotopic (exact) mass is 422 g/mol. The van der Waals surface area contributed by atoms with E-state index >= 15 is 0 Å². The molecular formula is C21H24F2N2O3S. The van der Waals surface area contributed by atoms with Crippen LogP contribution in [0.1, 0.15) is 48.5 Å². The summed E-state index contributed by atoms with van der Waals surface area (Å²) in [6.45, 7) is 2.08. The van der Waals surface area contributed by atoms with Crippen LogP contribution in [0, 0.1) is 11.6 Å². The number of sulfonamides is 1. The van der Waals surface area contributed by atoms with Gasteiger partial charge in [0.1, 0.15) is 11.6 Å². The molecule has 156 valence electrons. The maximum Gasteiger partial charge on any atom is 0.254 e. The molecule has 3 rings (SSSR count). The van der Waals surface area contributed by atoms with Gasteiger partial charge in [0.05, 0.1) is 10.5 Å². The zero-order chi connectivity index (χ0) is 21.1. The van der Waals surface area contributed by atoms with Gasteiger partial charge in [0.15, 0.2) is 0 Å². The van der Waals surface area contributed by atoms with Crippen molar-refractivity contribution >= 4 is 15.9 Å². The van der Waals surface area contributed by atoms with Crippen LogP contribution in [0.5, 0.6) is 0 Å². The highest BCUT2D eigenvalue weighted by molar-refractivity contribution is 7.89. The lowest BCUT2D eigenvalue weighted by Crippen LogP contribution is -2.39. The van der Waals surface area contributed by atoms with E-state index < -0.39 is 21.7 Å². The van der Waals surface area contributed by atoms with E-state index in [9.17, 15) is 22.0 Å². The minimum atomic E-state index is -3.81. The van der Waals surface area contributed by atoms with Crippen molar-refractivity contribution in [1.82, 2.24) is 10.0 Å². The van der Waals surface area contributed by atoms with Gasteiger partial charge in [-0.3, -0.25) is 4.79 Å². The Morgan fingerprint density at radius 2 is 1.72 bits per heavy atom. The minimum absolute atomic E-state index is 0.167. The lowest BCUT2D eigenvalue weighted by molar-refractivity contribution is 0.0938. The Labute approximate surface area is 169 Å². The first kappa shape index (κ1) is 21.4. The normalized spacial score (nSPS) is 16.0. The van der Waals surface area contributed by atoms with Gasteiger partial charge in [-0.1, -0.05) is 31.9 Å². The average molecular weight is 422 g/mol. The Kier molecular flexibility index (Phi) is 6.33. The van der Waals surface area contributed by atoms with Crippen LogP contribution in [-0.4, -0.2) is 27.4 Å². The van der Waals surface area contributed by atoms with Crippen LogP contribution in [0.15, 0.2) is 47.4 Å². The van der Waals surface area contributed by atoms with E-state index in [1.807, 2.05) is 0 Å². The smallest absolute Gasteiger partial charge is 0.254 e. The number of halogens is 2. The van der Waals surface area contributed by atoms with Gasteiger partial charge in [-0.15, -0.1) is 0 Å². The van der Waals surface area contributed by atoms with Gasteiger partial charge in [0, 0.05) is 18.5 Å². The molecule has 1 aliphatic rings. The summed E-state index contributed by atoms with van der Waals surface area (Å²) in [5, 5.41) is 2.76. The zero-order valence-corrected chi connectivity index (χ0v) is 17.0. The van der Waals surface area contributed by atoms with Crippen molar-refractivity contribution in [3.63, 3.8) is 0 Å². The van der Waals surface area contributed by atoms with Crippen molar-refractivity contribution in [2.45, 2.75) is 42.9 Å². The fourth-order valence-corrected chi connectivity index (χ4v) is 4.95. The molecule has 1 saturated carbocycles. The van der Waals surface area contributed by atoms with Crippen molar-refractivity contribution < 1.29 is 22.0 Å². The van der Waals surface area contributed by atoms with Gasteiger partial charge >= 0.3 is 0 Å². The highest BCUT2D eigenvalue weighted by Crippen LogP contribution is 2.40. The second-order valence-electron chi connectivity index (χ2n) is 7.32. The molecule has 8 heteroatoms. The Morgan fingerprint density at radius 3 is 2.34 bits per heavy atom. The predicted octanol–water partition coefficient (Wildman–Crippen LogP) is 3.50. The van der Waals surface area contributed by atoms with Crippen molar-refractivity contribution in [3.8, 4) is 0 Å². The first-order valence-electron chi connectivity index (χ1n) is 9.61. The lowest BCUT2D eigenvalue weighted by Gasteiger charge is -2.30. The fraction of sp³-hybridized carbons (Fsp3) is 0.381. The molecule has 0 bridgehead atoms. The average Bonchev–Trinajstić information content (AvgIpc) is 3.17. The molecule has 0 aliphatic heterocycles. The van der Waals surface area contributed by atoms with Crippen LogP contribution in [0.4, 0.5) is 8.78 Å². The molecule has 2 N–H and O–H groups in total. The van der Waals surface area contributed by atoms with Gasteiger partial charge in [0.25, 0.3) is 5.91 Å². The van der Waals surface area contributed by atoms with E-state index in [4.69, 9.17) is 0 Å². The number of carbonyl (C=O) groups excluding carboxylic acids is 1. The molecule has 1 fully saturated rings. The number of benzene rings is 2. The molecule has 2 aromatic carbocycles. The molecule has 0 saturated heterocycles. The quantitative estimate of drug-likeness (QED) is 0.717. The van der Waals surface area contributed by atoms with Crippen LogP contribution in [-0.2, 0) is 15.4 Å². The first-order chi connectivity index (χ1) is 13.8. The Morgan fingerprint density at radius 1 is 1.07 bits per heavy atom. The third kappa shape index (κ3) is 4.64. The molecule has 2 aromatic rings. The lowest BCUT2D eigenvalue weighted by atomic mass is 9.78. The van der Waals surface area contributed by atoms with Crippen LogP contribution >= 0.6 is 0 Å². The number of nitrogens with one attached hydrogen (secondary N) is 2. The summed E-state index contributed by atoms with van der Waals surface area (Å²) in [4.78, 5) is 12.5. The maximum absolute atomic E-state index is 14.2. The van der Waals surface area contributed by atoms with Gasteiger partial charge in [0.2, 0.25) is 10.0 Å². The molecule has 29 heavy (non-hydrogen) atoms. The first-order valence-corrected chi connectivity index (χ1v) is 11.1. The van der Waals surface area contributed by atoms with Crippen molar-refractivity contribution in [3.05, 3.63) is 65.2 Å².